The summed E-state index contributed by atoms with van der Waals surface area (Å²) in [6, 6.07) is 8.55. The van der Waals surface area contributed by atoms with Gasteiger partial charge >= 0.3 is 0 Å². The van der Waals surface area contributed by atoms with E-state index in [1.807, 2.05) is 0 Å². The molecule has 2 heterocycles. The summed E-state index contributed by atoms with van der Waals surface area (Å²) in [5.41, 5.74) is 2.16. The predicted molar refractivity (Wildman–Crippen MR) is 122 cm³/mol. The molecular formula is C27H29N3O3. The summed E-state index contributed by atoms with van der Waals surface area (Å²) >= 11 is 0. The van der Waals surface area contributed by atoms with Crippen molar-refractivity contribution >= 4 is 17.7 Å². The maximum atomic E-state index is 13.2. The van der Waals surface area contributed by atoms with Gasteiger partial charge in [0.1, 0.15) is 0 Å². The van der Waals surface area contributed by atoms with E-state index in [-0.39, 0.29) is 35.7 Å². The Balaban J connectivity index is 1.19. The monoisotopic (exact) mass is 443 g/mol. The number of aromatic nitrogens is 1. The first-order valence-electron chi connectivity index (χ1n) is 12.1. The van der Waals surface area contributed by atoms with Crippen LogP contribution in [0.15, 0.2) is 42.7 Å². The maximum absolute atomic E-state index is 13.2. The zero-order chi connectivity index (χ0) is 22.7. The minimum atomic E-state index is -0.351. The number of benzene rings is 1. The zero-order valence-corrected chi connectivity index (χ0v) is 18.9. The molecule has 0 radical (unpaired) electrons. The molecule has 6 heteroatoms. The molecular weight excluding hydrogens is 414 g/mol. The minimum Gasteiger partial charge on any atom is -0.349 e. The second-order valence-electron chi connectivity index (χ2n) is 10.8. The van der Waals surface area contributed by atoms with Crippen molar-refractivity contribution in [3.8, 4) is 0 Å². The van der Waals surface area contributed by atoms with Crippen molar-refractivity contribution < 1.29 is 14.4 Å². The van der Waals surface area contributed by atoms with E-state index < -0.39 is 0 Å². The van der Waals surface area contributed by atoms with Crippen molar-refractivity contribution in [2.24, 2.45) is 23.2 Å². The highest BCUT2D eigenvalue weighted by Gasteiger charge is 2.53. The van der Waals surface area contributed by atoms with Gasteiger partial charge in [0, 0.05) is 24.0 Å². The van der Waals surface area contributed by atoms with Gasteiger partial charge in [-0.3, -0.25) is 24.3 Å². The average Bonchev–Trinajstić information content (AvgIpc) is 3.03. The van der Waals surface area contributed by atoms with Crippen LogP contribution in [0.1, 0.15) is 82.1 Å². The number of carbonyl (C=O) groups is 3. The molecule has 0 saturated heterocycles. The normalized spacial score (nSPS) is 30.5. The number of hydrogen-bond acceptors (Lipinski definition) is 4. The van der Waals surface area contributed by atoms with Crippen LogP contribution in [0.3, 0.4) is 0 Å². The van der Waals surface area contributed by atoms with E-state index in [1.54, 1.807) is 42.7 Å². The van der Waals surface area contributed by atoms with Gasteiger partial charge in [-0.25, -0.2) is 0 Å². The lowest BCUT2D eigenvalue weighted by Crippen LogP contribution is -2.55. The summed E-state index contributed by atoms with van der Waals surface area (Å²) in [7, 11) is 0. The summed E-state index contributed by atoms with van der Waals surface area (Å²) in [4.78, 5) is 44.2. The molecule has 170 valence electrons. The van der Waals surface area contributed by atoms with Gasteiger partial charge in [-0.05, 0) is 105 Å². The number of rotatable bonds is 5. The number of imide groups is 1. The maximum Gasteiger partial charge on any atom is 0.261 e. The van der Waals surface area contributed by atoms with Gasteiger partial charge in [0.25, 0.3) is 17.7 Å². The number of amides is 3. The molecule has 0 spiro atoms. The molecule has 3 amide bonds. The van der Waals surface area contributed by atoms with Crippen LogP contribution < -0.4 is 5.32 Å². The third-order valence-corrected chi connectivity index (χ3v) is 8.67. The lowest BCUT2D eigenvalue weighted by Gasteiger charge is -2.59. The fraction of sp³-hybridized carbons (Fsp3) is 0.481. The van der Waals surface area contributed by atoms with E-state index in [1.165, 1.54) is 43.4 Å². The fourth-order valence-corrected chi connectivity index (χ4v) is 7.39. The van der Waals surface area contributed by atoms with Crippen molar-refractivity contribution in [1.29, 1.82) is 0 Å². The van der Waals surface area contributed by atoms with Crippen LogP contribution in [0.2, 0.25) is 0 Å². The summed E-state index contributed by atoms with van der Waals surface area (Å²) < 4.78 is 0. The van der Waals surface area contributed by atoms with Gasteiger partial charge < -0.3 is 5.32 Å². The number of carbonyl (C=O) groups excluding carboxylic acids is 3. The zero-order valence-electron chi connectivity index (χ0n) is 18.9. The molecule has 4 bridgehead atoms. The van der Waals surface area contributed by atoms with Gasteiger partial charge in [-0.2, -0.15) is 0 Å². The lowest BCUT2D eigenvalue weighted by atomic mass is 9.48. The van der Waals surface area contributed by atoms with E-state index in [9.17, 15) is 14.4 Å². The van der Waals surface area contributed by atoms with Crippen molar-refractivity contribution in [3.05, 3.63) is 65.0 Å². The van der Waals surface area contributed by atoms with Crippen LogP contribution in [-0.2, 0) is 6.54 Å². The molecule has 1 atom stereocenters. The number of pyridine rings is 1. The molecule has 4 saturated carbocycles. The fourth-order valence-electron chi connectivity index (χ4n) is 7.39. The van der Waals surface area contributed by atoms with Crippen LogP contribution in [0, 0.1) is 23.2 Å². The van der Waals surface area contributed by atoms with Gasteiger partial charge in [0.05, 0.1) is 17.7 Å². The SMILES string of the molecule is C[C@H](NC(=O)c1ccc2c(c1)C(=O)N(Cc1ccncc1)C2=O)C12CC3CC(CC(C3)C1)C2. The van der Waals surface area contributed by atoms with Crippen LogP contribution in [0.25, 0.3) is 0 Å². The van der Waals surface area contributed by atoms with E-state index in [4.69, 9.17) is 0 Å². The van der Waals surface area contributed by atoms with Gasteiger partial charge in [0.15, 0.2) is 0 Å². The smallest absolute Gasteiger partial charge is 0.261 e. The third kappa shape index (κ3) is 3.38. The Bertz CT molecular complexity index is 1110. The first-order chi connectivity index (χ1) is 15.9. The summed E-state index contributed by atoms with van der Waals surface area (Å²) in [6.07, 6.45) is 11.1. The minimum absolute atomic E-state index is 0.104. The topological polar surface area (TPSA) is 79.4 Å². The quantitative estimate of drug-likeness (QED) is 0.702. The molecule has 7 rings (SSSR count). The molecule has 1 aliphatic heterocycles. The lowest BCUT2D eigenvalue weighted by molar-refractivity contribution is -0.0688. The van der Waals surface area contributed by atoms with Crippen molar-refractivity contribution in [2.45, 2.75) is 58.0 Å². The molecule has 1 aromatic heterocycles. The largest absolute Gasteiger partial charge is 0.349 e. The highest BCUT2D eigenvalue weighted by molar-refractivity contribution is 6.22. The Labute approximate surface area is 193 Å². The molecule has 1 N–H and O–H groups in total. The van der Waals surface area contributed by atoms with E-state index in [2.05, 4.69) is 17.2 Å². The number of hydrogen-bond donors (Lipinski definition) is 1. The number of nitrogens with one attached hydrogen (secondary N) is 1. The van der Waals surface area contributed by atoms with Gasteiger partial charge in [-0.1, -0.05) is 0 Å². The molecule has 4 aliphatic carbocycles. The van der Waals surface area contributed by atoms with Crippen LogP contribution >= 0.6 is 0 Å². The van der Waals surface area contributed by atoms with Gasteiger partial charge in [0.2, 0.25) is 0 Å². The van der Waals surface area contributed by atoms with Crippen LogP contribution in [0.5, 0.6) is 0 Å². The molecule has 5 aliphatic rings. The number of nitrogens with zero attached hydrogens (tertiary/aromatic N) is 2. The molecule has 2 aromatic rings. The molecule has 1 aromatic carbocycles. The molecule has 0 unspecified atom stereocenters. The summed E-state index contributed by atoms with van der Waals surface area (Å²) in [5, 5.41) is 3.27. The Hall–Kier alpha value is -3.02. The first kappa shape index (κ1) is 20.6. The summed E-state index contributed by atoms with van der Waals surface area (Å²) in [6.45, 7) is 2.35. The van der Waals surface area contributed by atoms with Crippen molar-refractivity contribution in [3.63, 3.8) is 0 Å². The first-order valence-corrected chi connectivity index (χ1v) is 12.1. The number of fused-ring (bicyclic) bond motifs is 1. The Morgan fingerprint density at radius 2 is 1.61 bits per heavy atom. The van der Waals surface area contributed by atoms with Crippen molar-refractivity contribution in [2.75, 3.05) is 0 Å². The molecule has 4 fully saturated rings. The average molecular weight is 444 g/mol. The van der Waals surface area contributed by atoms with Crippen LogP contribution in [0.4, 0.5) is 0 Å². The van der Waals surface area contributed by atoms with Gasteiger partial charge in [-0.15, -0.1) is 0 Å². The highest BCUT2D eigenvalue weighted by atomic mass is 16.2. The Morgan fingerprint density at radius 3 is 2.24 bits per heavy atom. The molecule has 6 nitrogen and oxygen atoms in total. The highest BCUT2D eigenvalue weighted by Crippen LogP contribution is 2.61. The molecule has 33 heavy (non-hydrogen) atoms. The third-order valence-electron chi connectivity index (χ3n) is 8.67. The predicted octanol–water partition coefficient (Wildman–Crippen LogP) is 4.21. The van der Waals surface area contributed by atoms with Crippen molar-refractivity contribution in [1.82, 2.24) is 15.2 Å². The van der Waals surface area contributed by atoms with E-state index >= 15 is 0 Å². The standard InChI is InChI=1S/C27H29N3O3/c1-16(27-12-18-8-19(13-27)10-20(9-18)14-27)29-24(31)21-2-3-22-23(11-21)26(33)30(25(22)32)15-17-4-6-28-7-5-17/h2-7,11,16,18-20H,8-10,12-15H2,1H3,(H,29,31)/t16-,18?,19?,20?,27?/m0/s1. The van der Waals surface area contributed by atoms with E-state index in [0.29, 0.717) is 16.7 Å². The Kier molecular flexibility index (Phi) is 4.68. The van der Waals surface area contributed by atoms with Crippen LogP contribution in [-0.4, -0.2) is 33.6 Å². The second kappa shape index (κ2) is 7.51. The summed E-state index contributed by atoms with van der Waals surface area (Å²) in [5.74, 6) is 1.65. The Morgan fingerprint density at radius 1 is 1.00 bits per heavy atom. The second-order valence-corrected chi connectivity index (χ2v) is 10.8. The van der Waals surface area contributed by atoms with E-state index in [0.717, 1.165) is 23.3 Å².